The maximum atomic E-state index is 12.1. The molecule has 2 aliphatic rings. The molecule has 1 aliphatic heterocycles. The molecule has 0 radical (unpaired) electrons. The van der Waals surface area contributed by atoms with E-state index in [0.717, 1.165) is 26.1 Å². The highest BCUT2D eigenvalue weighted by molar-refractivity contribution is 5.78. The second kappa shape index (κ2) is 8.34. The summed E-state index contributed by atoms with van der Waals surface area (Å²) in [6, 6.07) is 10.8. The van der Waals surface area contributed by atoms with Gasteiger partial charge in [0.25, 0.3) is 0 Å². The smallest absolute Gasteiger partial charge is 0.234 e. The highest BCUT2D eigenvalue weighted by atomic mass is 16.2. The van der Waals surface area contributed by atoms with Crippen molar-refractivity contribution in [2.75, 3.05) is 31.5 Å². The summed E-state index contributed by atoms with van der Waals surface area (Å²) >= 11 is 0. The molecule has 1 unspecified atom stereocenters. The molecule has 1 saturated heterocycles. The summed E-state index contributed by atoms with van der Waals surface area (Å²) < 4.78 is 0. The van der Waals surface area contributed by atoms with Crippen LogP contribution in [0.25, 0.3) is 0 Å². The zero-order valence-corrected chi connectivity index (χ0v) is 14.0. The minimum absolute atomic E-state index is 0.191. The molecule has 1 aromatic rings. The van der Waals surface area contributed by atoms with E-state index < -0.39 is 0 Å². The van der Waals surface area contributed by atoms with Gasteiger partial charge in [-0.3, -0.25) is 9.69 Å². The molecule has 1 saturated carbocycles. The molecule has 1 atom stereocenters. The first kappa shape index (κ1) is 16.3. The molecule has 0 spiro atoms. The van der Waals surface area contributed by atoms with Gasteiger partial charge in [-0.1, -0.05) is 37.5 Å². The van der Waals surface area contributed by atoms with Crippen molar-refractivity contribution < 1.29 is 4.79 Å². The molecule has 1 aromatic carbocycles. The molecule has 3 rings (SSSR count). The third kappa shape index (κ3) is 5.24. The number of hydrogen-bond donors (Lipinski definition) is 2. The van der Waals surface area contributed by atoms with Gasteiger partial charge in [-0.25, -0.2) is 0 Å². The van der Waals surface area contributed by atoms with Gasteiger partial charge >= 0.3 is 0 Å². The first-order valence-electron chi connectivity index (χ1n) is 9.10. The number of amides is 1. The Morgan fingerprint density at radius 2 is 1.87 bits per heavy atom. The summed E-state index contributed by atoms with van der Waals surface area (Å²) in [5, 5.41) is 6.70. The number of anilines is 1. The third-order valence-electron chi connectivity index (χ3n) is 5.10. The molecule has 126 valence electrons. The van der Waals surface area contributed by atoms with Crippen LogP contribution in [0.15, 0.2) is 30.3 Å². The van der Waals surface area contributed by atoms with Gasteiger partial charge in [0.05, 0.1) is 6.54 Å². The minimum Gasteiger partial charge on any atom is -0.381 e. The van der Waals surface area contributed by atoms with Gasteiger partial charge < -0.3 is 10.6 Å². The van der Waals surface area contributed by atoms with E-state index >= 15 is 0 Å². The fraction of sp³-hybridized carbons (Fsp3) is 0.632. The van der Waals surface area contributed by atoms with Gasteiger partial charge in [-0.2, -0.15) is 0 Å². The fourth-order valence-corrected chi connectivity index (χ4v) is 3.77. The highest BCUT2D eigenvalue weighted by Crippen LogP contribution is 2.22. The Hall–Kier alpha value is -1.55. The van der Waals surface area contributed by atoms with Crippen LogP contribution < -0.4 is 10.6 Å². The van der Waals surface area contributed by atoms with Gasteiger partial charge in [-0.05, 0) is 37.3 Å². The average molecular weight is 315 g/mol. The molecule has 2 N–H and O–H groups in total. The lowest BCUT2D eigenvalue weighted by Crippen LogP contribution is -2.39. The number of benzene rings is 1. The van der Waals surface area contributed by atoms with Crippen LogP contribution >= 0.6 is 0 Å². The zero-order valence-electron chi connectivity index (χ0n) is 14.0. The van der Waals surface area contributed by atoms with Gasteiger partial charge in [-0.15, -0.1) is 0 Å². The van der Waals surface area contributed by atoms with Gasteiger partial charge in [0.2, 0.25) is 5.91 Å². The van der Waals surface area contributed by atoms with E-state index in [1.54, 1.807) is 0 Å². The first-order valence-corrected chi connectivity index (χ1v) is 9.10. The Morgan fingerprint density at radius 1 is 1.09 bits per heavy atom. The maximum absolute atomic E-state index is 12.1. The molecular formula is C19H29N3O. The zero-order chi connectivity index (χ0) is 15.9. The van der Waals surface area contributed by atoms with Gasteiger partial charge in [0.15, 0.2) is 0 Å². The van der Waals surface area contributed by atoms with Crippen molar-refractivity contribution in [1.29, 1.82) is 0 Å². The number of para-hydroxylation sites is 1. The number of rotatable bonds is 6. The van der Waals surface area contributed by atoms with Gasteiger partial charge in [0.1, 0.15) is 0 Å². The third-order valence-corrected chi connectivity index (χ3v) is 5.10. The predicted molar refractivity (Wildman–Crippen MR) is 94.5 cm³/mol. The number of likely N-dealkylation sites (tertiary alicyclic amines) is 1. The summed E-state index contributed by atoms with van der Waals surface area (Å²) in [5.41, 5.74) is 1.17. The Bertz CT molecular complexity index is 485. The molecule has 1 heterocycles. The molecule has 0 bridgehead atoms. The van der Waals surface area contributed by atoms with Crippen LogP contribution in [0.2, 0.25) is 0 Å². The molecule has 1 amide bonds. The van der Waals surface area contributed by atoms with E-state index in [-0.39, 0.29) is 5.91 Å². The van der Waals surface area contributed by atoms with E-state index in [1.165, 1.54) is 37.8 Å². The topological polar surface area (TPSA) is 44.4 Å². The maximum Gasteiger partial charge on any atom is 0.234 e. The Morgan fingerprint density at radius 3 is 2.65 bits per heavy atom. The number of nitrogens with one attached hydrogen (secondary N) is 2. The molecular weight excluding hydrogens is 286 g/mol. The Kier molecular flexibility index (Phi) is 5.92. The fourth-order valence-electron chi connectivity index (χ4n) is 3.77. The second-order valence-corrected chi connectivity index (χ2v) is 7.04. The van der Waals surface area contributed by atoms with Crippen LogP contribution in [0.5, 0.6) is 0 Å². The molecule has 4 nitrogen and oxygen atoms in total. The van der Waals surface area contributed by atoms with E-state index in [0.29, 0.717) is 18.5 Å². The molecule has 0 aromatic heterocycles. The lowest BCUT2D eigenvalue weighted by Gasteiger charge is -2.22. The quantitative estimate of drug-likeness (QED) is 0.848. The summed E-state index contributed by atoms with van der Waals surface area (Å²) in [6.45, 7) is 3.37. The number of carbonyl (C=O) groups excluding carboxylic acids is 1. The second-order valence-electron chi connectivity index (χ2n) is 7.04. The van der Waals surface area contributed by atoms with Crippen molar-refractivity contribution in [1.82, 2.24) is 10.2 Å². The van der Waals surface area contributed by atoms with Crippen molar-refractivity contribution >= 4 is 11.6 Å². The van der Waals surface area contributed by atoms with Crippen molar-refractivity contribution in [3.63, 3.8) is 0 Å². The van der Waals surface area contributed by atoms with Crippen LogP contribution in [0.4, 0.5) is 5.69 Å². The Labute approximate surface area is 139 Å². The summed E-state index contributed by atoms with van der Waals surface area (Å²) in [5.74, 6) is 0.898. The SMILES string of the molecule is O=C(CN1CCC(Nc2ccccc2)C1)NCC1CCCCC1. The lowest BCUT2D eigenvalue weighted by atomic mass is 9.89. The number of hydrogen-bond acceptors (Lipinski definition) is 3. The van der Waals surface area contributed by atoms with E-state index in [9.17, 15) is 4.79 Å². The van der Waals surface area contributed by atoms with Gasteiger partial charge in [0, 0.05) is 31.4 Å². The molecule has 4 heteroatoms. The van der Waals surface area contributed by atoms with Crippen LogP contribution in [-0.2, 0) is 4.79 Å². The number of carbonyl (C=O) groups is 1. The van der Waals surface area contributed by atoms with Crippen LogP contribution in [-0.4, -0.2) is 43.0 Å². The Balaban J connectivity index is 1.35. The minimum atomic E-state index is 0.191. The molecule has 23 heavy (non-hydrogen) atoms. The van der Waals surface area contributed by atoms with E-state index in [4.69, 9.17) is 0 Å². The van der Waals surface area contributed by atoms with E-state index in [2.05, 4.69) is 27.7 Å². The molecule has 1 aliphatic carbocycles. The molecule has 2 fully saturated rings. The normalized spacial score (nSPS) is 22.9. The standard InChI is InChI=1S/C19H29N3O/c23-19(20-13-16-7-3-1-4-8-16)15-22-12-11-18(14-22)21-17-9-5-2-6-10-17/h2,5-6,9-10,16,18,21H,1,3-4,7-8,11-15H2,(H,20,23). The summed E-state index contributed by atoms with van der Waals surface area (Å²) in [4.78, 5) is 14.4. The number of nitrogens with zero attached hydrogens (tertiary/aromatic N) is 1. The van der Waals surface area contributed by atoms with Crippen LogP contribution in [0.3, 0.4) is 0 Å². The van der Waals surface area contributed by atoms with Crippen molar-refractivity contribution in [3.8, 4) is 0 Å². The largest absolute Gasteiger partial charge is 0.381 e. The van der Waals surface area contributed by atoms with Crippen molar-refractivity contribution in [2.24, 2.45) is 5.92 Å². The van der Waals surface area contributed by atoms with Crippen LogP contribution in [0, 0.1) is 5.92 Å². The van der Waals surface area contributed by atoms with Crippen molar-refractivity contribution in [3.05, 3.63) is 30.3 Å². The first-order chi connectivity index (χ1) is 11.3. The predicted octanol–water partition coefficient (Wildman–Crippen LogP) is 2.87. The average Bonchev–Trinajstić information content (AvgIpc) is 3.02. The van der Waals surface area contributed by atoms with Crippen LogP contribution in [0.1, 0.15) is 38.5 Å². The van der Waals surface area contributed by atoms with Crippen molar-refractivity contribution in [2.45, 2.75) is 44.6 Å². The summed E-state index contributed by atoms with van der Waals surface area (Å²) in [7, 11) is 0. The lowest BCUT2D eigenvalue weighted by molar-refractivity contribution is -0.122. The monoisotopic (exact) mass is 315 g/mol. The van der Waals surface area contributed by atoms with E-state index in [1.807, 2.05) is 18.2 Å². The highest BCUT2D eigenvalue weighted by Gasteiger charge is 2.24. The summed E-state index contributed by atoms with van der Waals surface area (Å²) in [6.07, 6.45) is 7.71.